The van der Waals surface area contributed by atoms with Crippen LogP contribution in [-0.4, -0.2) is 11.7 Å². The molecule has 0 fully saturated rings. The minimum atomic E-state index is 0.332. The Balaban J connectivity index is 3.26. The zero-order valence-electron chi connectivity index (χ0n) is 12.7. The molecule has 19 heavy (non-hydrogen) atoms. The van der Waals surface area contributed by atoms with Crippen LogP contribution in [0.2, 0.25) is 0 Å². The third kappa shape index (κ3) is 17.2. The van der Waals surface area contributed by atoms with Crippen molar-refractivity contribution in [2.45, 2.75) is 71.1 Å². The van der Waals surface area contributed by atoms with Crippen molar-refractivity contribution < 1.29 is 5.11 Å². The van der Waals surface area contributed by atoms with Crippen LogP contribution in [0, 0.1) is 0 Å². The second kappa shape index (κ2) is 17.2. The van der Waals surface area contributed by atoms with Gasteiger partial charge in [-0.1, -0.05) is 62.6 Å². The molecule has 0 aromatic rings. The van der Waals surface area contributed by atoms with E-state index in [4.69, 9.17) is 5.11 Å². The van der Waals surface area contributed by atoms with Crippen molar-refractivity contribution in [3.63, 3.8) is 0 Å². The van der Waals surface area contributed by atoms with Crippen LogP contribution in [0.15, 0.2) is 36.5 Å². The molecule has 1 nitrogen and oxygen atoms in total. The summed E-state index contributed by atoms with van der Waals surface area (Å²) in [5, 5.41) is 8.64. The second-order valence-corrected chi connectivity index (χ2v) is 4.95. The van der Waals surface area contributed by atoms with Crippen molar-refractivity contribution in [2.24, 2.45) is 0 Å². The number of rotatable bonds is 13. The van der Waals surface area contributed by atoms with Gasteiger partial charge in [0, 0.05) is 6.61 Å². The Morgan fingerprint density at radius 1 is 0.632 bits per heavy atom. The van der Waals surface area contributed by atoms with Gasteiger partial charge in [0.05, 0.1) is 0 Å². The quantitative estimate of drug-likeness (QED) is 0.340. The van der Waals surface area contributed by atoms with Crippen LogP contribution in [0.25, 0.3) is 0 Å². The molecule has 110 valence electrons. The monoisotopic (exact) mass is 264 g/mol. The number of aliphatic hydroxyl groups excluding tert-OH is 1. The summed E-state index contributed by atoms with van der Waals surface area (Å²) in [6.45, 7) is 2.57. The molecule has 0 spiro atoms. The molecular weight excluding hydrogens is 232 g/mol. The van der Waals surface area contributed by atoms with Gasteiger partial charge in [0.15, 0.2) is 0 Å². The summed E-state index contributed by atoms with van der Waals surface area (Å²) < 4.78 is 0. The highest BCUT2D eigenvalue weighted by molar-refractivity contribution is 4.97. The zero-order valence-corrected chi connectivity index (χ0v) is 12.7. The van der Waals surface area contributed by atoms with Crippen molar-refractivity contribution >= 4 is 0 Å². The van der Waals surface area contributed by atoms with Crippen LogP contribution in [-0.2, 0) is 0 Å². The number of aliphatic hydroxyl groups is 1. The van der Waals surface area contributed by atoms with Gasteiger partial charge in [-0.15, -0.1) is 0 Å². The molecule has 0 rings (SSSR count). The van der Waals surface area contributed by atoms with Gasteiger partial charge in [-0.05, 0) is 44.9 Å². The predicted octanol–water partition coefficient (Wildman–Crippen LogP) is 5.57. The topological polar surface area (TPSA) is 20.2 Å². The van der Waals surface area contributed by atoms with Gasteiger partial charge in [0.25, 0.3) is 0 Å². The van der Waals surface area contributed by atoms with E-state index in [1.54, 1.807) is 0 Å². The second-order valence-electron chi connectivity index (χ2n) is 4.95. The summed E-state index contributed by atoms with van der Waals surface area (Å²) >= 11 is 0. The predicted molar refractivity (Wildman–Crippen MR) is 86.3 cm³/mol. The molecule has 0 amide bonds. The lowest BCUT2D eigenvalue weighted by Gasteiger charge is -1.93. The van der Waals surface area contributed by atoms with Gasteiger partial charge in [-0.25, -0.2) is 0 Å². The number of hydrogen-bond donors (Lipinski definition) is 1. The van der Waals surface area contributed by atoms with Crippen molar-refractivity contribution in [3.05, 3.63) is 36.5 Å². The zero-order chi connectivity index (χ0) is 14.0. The minimum absolute atomic E-state index is 0.332. The maximum Gasteiger partial charge on any atom is 0.0431 e. The number of hydrogen-bond acceptors (Lipinski definition) is 1. The molecule has 0 saturated heterocycles. The molecule has 0 heterocycles. The van der Waals surface area contributed by atoms with E-state index >= 15 is 0 Å². The van der Waals surface area contributed by atoms with Gasteiger partial charge >= 0.3 is 0 Å². The van der Waals surface area contributed by atoms with Crippen LogP contribution in [0.5, 0.6) is 0 Å². The summed E-state index contributed by atoms with van der Waals surface area (Å²) in [4.78, 5) is 0. The Hall–Kier alpha value is -0.820. The molecule has 0 radical (unpaired) electrons. The molecule has 0 bridgehead atoms. The Morgan fingerprint density at radius 3 is 1.68 bits per heavy atom. The van der Waals surface area contributed by atoms with Crippen LogP contribution < -0.4 is 0 Å². The first kappa shape index (κ1) is 18.2. The number of allylic oxidation sites excluding steroid dienone is 6. The lowest BCUT2D eigenvalue weighted by Crippen LogP contribution is -1.81. The smallest absolute Gasteiger partial charge is 0.0431 e. The van der Waals surface area contributed by atoms with E-state index in [0.717, 1.165) is 32.1 Å². The molecule has 0 atom stereocenters. The van der Waals surface area contributed by atoms with Crippen molar-refractivity contribution in [1.29, 1.82) is 0 Å². The molecule has 0 unspecified atom stereocenters. The van der Waals surface area contributed by atoms with Crippen LogP contribution >= 0.6 is 0 Å². The van der Waals surface area contributed by atoms with Crippen molar-refractivity contribution in [1.82, 2.24) is 0 Å². The molecule has 0 saturated carbocycles. The van der Waals surface area contributed by atoms with Crippen LogP contribution in [0.1, 0.15) is 71.1 Å². The molecular formula is C18H32O. The van der Waals surface area contributed by atoms with Crippen molar-refractivity contribution in [2.75, 3.05) is 6.61 Å². The lowest BCUT2D eigenvalue weighted by molar-refractivity contribution is 0.283. The van der Waals surface area contributed by atoms with E-state index in [-0.39, 0.29) is 0 Å². The minimum Gasteiger partial charge on any atom is -0.396 e. The SMILES string of the molecule is CCCCC/C=C/C/C=C/C/C=C/CCCCCO. The maximum atomic E-state index is 8.64. The maximum absolute atomic E-state index is 8.64. The summed E-state index contributed by atoms with van der Waals surface area (Å²) in [7, 11) is 0. The normalized spacial score (nSPS) is 12.3. The van der Waals surface area contributed by atoms with Gasteiger partial charge in [-0.3, -0.25) is 0 Å². The van der Waals surface area contributed by atoms with Gasteiger partial charge < -0.3 is 5.11 Å². The van der Waals surface area contributed by atoms with Crippen LogP contribution in [0.3, 0.4) is 0 Å². The summed E-state index contributed by atoms with van der Waals surface area (Å²) in [6.07, 6.45) is 25.3. The Labute approximate surface area is 120 Å². The van der Waals surface area contributed by atoms with Gasteiger partial charge in [0.2, 0.25) is 0 Å². The highest BCUT2D eigenvalue weighted by Gasteiger charge is 1.84. The molecule has 0 aliphatic carbocycles. The largest absolute Gasteiger partial charge is 0.396 e. The Bertz CT molecular complexity index is 238. The first-order valence-corrected chi connectivity index (χ1v) is 7.97. The van der Waals surface area contributed by atoms with Crippen molar-refractivity contribution in [3.8, 4) is 0 Å². The fourth-order valence-corrected chi connectivity index (χ4v) is 1.84. The highest BCUT2D eigenvalue weighted by atomic mass is 16.2. The fourth-order valence-electron chi connectivity index (χ4n) is 1.84. The van der Waals surface area contributed by atoms with Gasteiger partial charge in [-0.2, -0.15) is 0 Å². The average molecular weight is 264 g/mol. The Morgan fingerprint density at radius 2 is 1.16 bits per heavy atom. The third-order valence-corrected chi connectivity index (χ3v) is 3.05. The lowest BCUT2D eigenvalue weighted by atomic mass is 10.2. The molecule has 0 aliphatic heterocycles. The molecule has 0 aromatic carbocycles. The molecule has 1 heteroatoms. The summed E-state index contributed by atoms with van der Waals surface area (Å²) in [5.74, 6) is 0. The van der Waals surface area contributed by atoms with E-state index in [9.17, 15) is 0 Å². The Kier molecular flexibility index (Phi) is 16.4. The number of unbranched alkanes of at least 4 members (excludes halogenated alkanes) is 6. The summed E-state index contributed by atoms with van der Waals surface area (Å²) in [6, 6.07) is 0. The van der Waals surface area contributed by atoms with E-state index in [2.05, 4.69) is 43.4 Å². The molecule has 0 aromatic heterocycles. The fraction of sp³-hybridized carbons (Fsp3) is 0.667. The summed E-state index contributed by atoms with van der Waals surface area (Å²) in [5.41, 5.74) is 0. The third-order valence-electron chi connectivity index (χ3n) is 3.05. The molecule has 1 N–H and O–H groups in total. The highest BCUT2D eigenvalue weighted by Crippen LogP contribution is 2.02. The first-order valence-electron chi connectivity index (χ1n) is 7.97. The van der Waals surface area contributed by atoms with Crippen LogP contribution in [0.4, 0.5) is 0 Å². The van der Waals surface area contributed by atoms with E-state index in [1.165, 1.54) is 32.1 Å². The van der Waals surface area contributed by atoms with E-state index < -0.39 is 0 Å². The van der Waals surface area contributed by atoms with E-state index in [1.807, 2.05) is 0 Å². The molecule has 0 aliphatic rings. The van der Waals surface area contributed by atoms with E-state index in [0.29, 0.717) is 6.61 Å². The van der Waals surface area contributed by atoms with Gasteiger partial charge in [0.1, 0.15) is 0 Å². The average Bonchev–Trinajstić information content (AvgIpc) is 2.43. The standard InChI is InChI=1S/C18H32O/c1-2-3-4-5-6-7-8-9-10-11-12-13-14-15-16-17-18-19/h6-7,9-10,12-13,19H,2-5,8,11,14-18H2,1H3/b7-6+,10-9+,13-12+. The first-order chi connectivity index (χ1) is 9.41.